The zero-order chi connectivity index (χ0) is 16.8. The van der Waals surface area contributed by atoms with Gasteiger partial charge in [0.1, 0.15) is 6.04 Å². The number of hydrogen-bond donors (Lipinski definition) is 1. The molecular formula is C19H27N3O2. The molecule has 1 unspecified atom stereocenters. The summed E-state index contributed by atoms with van der Waals surface area (Å²) in [5, 5.41) is 2.99. The van der Waals surface area contributed by atoms with Crippen LogP contribution in [0.2, 0.25) is 0 Å². The molecule has 130 valence electrons. The molecule has 2 aliphatic rings. The van der Waals surface area contributed by atoms with Crippen molar-refractivity contribution in [2.45, 2.75) is 38.1 Å². The van der Waals surface area contributed by atoms with Crippen molar-refractivity contribution in [3.63, 3.8) is 0 Å². The minimum absolute atomic E-state index is 0.0716. The normalized spacial score (nSPS) is 19.9. The molecule has 0 aliphatic carbocycles. The third kappa shape index (κ3) is 4.35. The van der Waals surface area contributed by atoms with E-state index in [-0.39, 0.29) is 11.8 Å². The Labute approximate surface area is 144 Å². The van der Waals surface area contributed by atoms with E-state index in [2.05, 4.69) is 10.2 Å². The van der Waals surface area contributed by atoms with Gasteiger partial charge in [-0.1, -0.05) is 24.6 Å². The van der Waals surface area contributed by atoms with Gasteiger partial charge in [-0.05, 0) is 50.9 Å². The summed E-state index contributed by atoms with van der Waals surface area (Å²) >= 11 is 0. The van der Waals surface area contributed by atoms with Crippen molar-refractivity contribution >= 4 is 11.8 Å². The van der Waals surface area contributed by atoms with Crippen molar-refractivity contribution in [1.29, 1.82) is 0 Å². The molecule has 5 heteroatoms. The number of carbonyl (C=O) groups is 2. The summed E-state index contributed by atoms with van der Waals surface area (Å²) in [4.78, 5) is 29.6. The predicted molar refractivity (Wildman–Crippen MR) is 93.8 cm³/mol. The first-order valence-corrected chi connectivity index (χ1v) is 9.11. The highest BCUT2D eigenvalue weighted by Crippen LogP contribution is 2.13. The number of nitrogens with zero attached hydrogens (tertiary/aromatic N) is 2. The van der Waals surface area contributed by atoms with Crippen molar-refractivity contribution in [2.24, 2.45) is 0 Å². The molecule has 2 amide bonds. The molecule has 2 heterocycles. The molecule has 1 aromatic carbocycles. The molecule has 0 radical (unpaired) electrons. The van der Waals surface area contributed by atoms with E-state index in [1.54, 1.807) is 12.1 Å². The van der Waals surface area contributed by atoms with Crippen molar-refractivity contribution < 1.29 is 9.59 Å². The largest absolute Gasteiger partial charge is 0.341 e. The van der Waals surface area contributed by atoms with Crippen LogP contribution in [0.3, 0.4) is 0 Å². The standard InChI is InChI=1S/C19H27N3O2/c23-18(16-9-3-1-4-10-16)20-17(15-21-11-5-2-6-12-21)19(24)22-13-7-8-14-22/h1,3-4,9-10,17H,2,5-8,11-15H2,(H,20,23). The van der Waals surface area contributed by atoms with Crippen LogP contribution in [0.25, 0.3) is 0 Å². The van der Waals surface area contributed by atoms with Crippen LogP contribution < -0.4 is 5.32 Å². The average molecular weight is 329 g/mol. The Morgan fingerprint density at radius 3 is 2.21 bits per heavy atom. The van der Waals surface area contributed by atoms with Crippen LogP contribution in [0.15, 0.2) is 30.3 Å². The van der Waals surface area contributed by atoms with Gasteiger partial charge >= 0.3 is 0 Å². The van der Waals surface area contributed by atoms with Crippen LogP contribution >= 0.6 is 0 Å². The van der Waals surface area contributed by atoms with Crippen LogP contribution in [0.1, 0.15) is 42.5 Å². The molecule has 24 heavy (non-hydrogen) atoms. The van der Waals surface area contributed by atoms with Crippen LogP contribution in [-0.2, 0) is 4.79 Å². The van der Waals surface area contributed by atoms with Crippen LogP contribution in [-0.4, -0.2) is 60.4 Å². The smallest absolute Gasteiger partial charge is 0.251 e. The van der Waals surface area contributed by atoms with E-state index in [0.29, 0.717) is 12.1 Å². The zero-order valence-corrected chi connectivity index (χ0v) is 14.2. The van der Waals surface area contributed by atoms with E-state index < -0.39 is 6.04 Å². The summed E-state index contributed by atoms with van der Waals surface area (Å²) in [6.07, 6.45) is 5.75. The molecule has 1 aromatic rings. The minimum Gasteiger partial charge on any atom is -0.341 e. The number of carbonyl (C=O) groups excluding carboxylic acids is 2. The van der Waals surface area contributed by atoms with Crippen molar-refractivity contribution in [1.82, 2.24) is 15.1 Å². The van der Waals surface area contributed by atoms with Gasteiger partial charge in [-0.25, -0.2) is 0 Å². The van der Waals surface area contributed by atoms with Gasteiger partial charge in [0, 0.05) is 25.2 Å². The summed E-state index contributed by atoms with van der Waals surface area (Å²) in [6.45, 7) is 4.29. The van der Waals surface area contributed by atoms with Crippen molar-refractivity contribution in [2.75, 3.05) is 32.7 Å². The van der Waals surface area contributed by atoms with Crippen LogP contribution in [0.5, 0.6) is 0 Å². The number of likely N-dealkylation sites (tertiary alicyclic amines) is 2. The molecule has 5 nitrogen and oxygen atoms in total. The number of rotatable bonds is 5. The monoisotopic (exact) mass is 329 g/mol. The molecular weight excluding hydrogens is 302 g/mol. The van der Waals surface area contributed by atoms with E-state index in [0.717, 1.165) is 39.0 Å². The minimum atomic E-state index is -0.450. The van der Waals surface area contributed by atoms with E-state index in [1.165, 1.54) is 19.3 Å². The first-order valence-electron chi connectivity index (χ1n) is 9.11. The molecule has 1 N–H and O–H groups in total. The van der Waals surface area contributed by atoms with Gasteiger partial charge in [-0.15, -0.1) is 0 Å². The third-order valence-electron chi connectivity index (χ3n) is 4.95. The number of hydrogen-bond acceptors (Lipinski definition) is 3. The molecule has 0 aromatic heterocycles. The summed E-state index contributed by atoms with van der Waals surface area (Å²) in [7, 11) is 0. The lowest BCUT2D eigenvalue weighted by atomic mass is 10.1. The molecule has 2 fully saturated rings. The summed E-state index contributed by atoms with van der Waals surface area (Å²) < 4.78 is 0. The second-order valence-electron chi connectivity index (χ2n) is 6.79. The topological polar surface area (TPSA) is 52.7 Å². The summed E-state index contributed by atoms with van der Waals surface area (Å²) in [6, 6.07) is 8.70. The number of benzene rings is 1. The summed E-state index contributed by atoms with van der Waals surface area (Å²) in [5.41, 5.74) is 0.607. The molecule has 2 saturated heterocycles. The maximum Gasteiger partial charge on any atom is 0.251 e. The SMILES string of the molecule is O=C(NC(CN1CCCCC1)C(=O)N1CCCC1)c1ccccc1. The lowest BCUT2D eigenvalue weighted by Gasteiger charge is -2.32. The molecule has 0 saturated carbocycles. The van der Waals surface area contributed by atoms with Gasteiger partial charge in [0.05, 0.1) is 0 Å². The van der Waals surface area contributed by atoms with Crippen LogP contribution in [0, 0.1) is 0 Å². The first kappa shape index (κ1) is 17.0. The van der Waals surface area contributed by atoms with Gasteiger partial charge in [-0.3, -0.25) is 9.59 Å². The first-order chi connectivity index (χ1) is 11.7. The molecule has 1 atom stereocenters. The van der Waals surface area contributed by atoms with Crippen LogP contribution in [0.4, 0.5) is 0 Å². The van der Waals surface area contributed by atoms with E-state index in [1.807, 2.05) is 23.1 Å². The fourth-order valence-corrected chi connectivity index (χ4v) is 3.57. The predicted octanol–water partition coefficient (Wildman–Crippen LogP) is 1.89. The average Bonchev–Trinajstić information content (AvgIpc) is 3.17. The lowest BCUT2D eigenvalue weighted by molar-refractivity contribution is -0.132. The highest BCUT2D eigenvalue weighted by atomic mass is 16.2. The Morgan fingerprint density at radius 2 is 1.54 bits per heavy atom. The highest BCUT2D eigenvalue weighted by Gasteiger charge is 2.30. The zero-order valence-electron chi connectivity index (χ0n) is 14.2. The van der Waals surface area contributed by atoms with E-state index >= 15 is 0 Å². The van der Waals surface area contributed by atoms with E-state index in [9.17, 15) is 9.59 Å². The molecule has 3 rings (SSSR count). The Morgan fingerprint density at radius 1 is 0.917 bits per heavy atom. The number of nitrogens with one attached hydrogen (secondary N) is 1. The van der Waals surface area contributed by atoms with Crippen molar-refractivity contribution in [3.8, 4) is 0 Å². The number of amides is 2. The van der Waals surface area contributed by atoms with Gasteiger partial charge < -0.3 is 15.1 Å². The van der Waals surface area contributed by atoms with Crippen molar-refractivity contribution in [3.05, 3.63) is 35.9 Å². The van der Waals surface area contributed by atoms with E-state index in [4.69, 9.17) is 0 Å². The highest BCUT2D eigenvalue weighted by molar-refractivity contribution is 5.97. The Balaban J connectivity index is 1.68. The Kier molecular flexibility index (Phi) is 5.86. The third-order valence-corrected chi connectivity index (χ3v) is 4.95. The van der Waals surface area contributed by atoms with Gasteiger partial charge in [0.15, 0.2) is 0 Å². The lowest BCUT2D eigenvalue weighted by Crippen LogP contribution is -2.54. The second kappa shape index (κ2) is 8.29. The fraction of sp³-hybridized carbons (Fsp3) is 0.579. The maximum absolute atomic E-state index is 12.9. The summed E-state index contributed by atoms with van der Waals surface area (Å²) in [5.74, 6) is -0.0903. The molecule has 0 spiro atoms. The van der Waals surface area contributed by atoms with Gasteiger partial charge in [0.2, 0.25) is 5.91 Å². The molecule has 0 bridgehead atoms. The quantitative estimate of drug-likeness (QED) is 0.897. The molecule has 2 aliphatic heterocycles. The Bertz CT molecular complexity index is 549. The van der Waals surface area contributed by atoms with Gasteiger partial charge in [-0.2, -0.15) is 0 Å². The fourth-order valence-electron chi connectivity index (χ4n) is 3.57. The van der Waals surface area contributed by atoms with Gasteiger partial charge in [0.25, 0.3) is 5.91 Å². The second-order valence-corrected chi connectivity index (χ2v) is 6.79. The Hall–Kier alpha value is -1.88. The maximum atomic E-state index is 12.9. The number of piperidine rings is 1.